The molecular formula is C34H23F5N4O4S. The lowest BCUT2D eigenvalue weighted by Gasteiger charge is -2.16. The molecule has 4 aromatic rings. The van der Waals surface area contributed by atoms with Gasteiger partial charge in [0.15, 0.2) is 24.1 Å². The predicted molar refractivity (Wildman–Crippen MR) is 168 cm³/mol. The summed E-state index contributed by atoms with van der Waals surface area (Å²) in [5.41, 5.74) is 1.17. The van der Waals surface area contributed by atoms with Crippen molar-refractivity contribution in [3.8, 4) is 39.7 Å². The number of carbonyl (C=O) groups excluding carboxylic acids is 2. The number of thiophene rings is 1. The fourth-order valence-corrected chi connectivity index (χ4v) is 5.71. The van der Waals surface area contributed by atoms with E-state index in [4.69, 9.17) is 4.74 Å². The van der Waals surface area contributed by atoms with E-state index >= 15 is 0 Å². The second-order valence-electron chi connectivity index (χ2n) is 10.4. The topological polar surface area (TPSA) is 95.3 Å². The number of imidazole rings is 1. The molecule has 0 unspecified atom stereocenters. The van der Waals surface area contributed by atoms with E-state index in [1.54, 1.807) is 52.7 Å². The van der Waals surface area contributed by atoms with E-state index in [-0.39, 0.29) is 33.3 Å². The maximum absolute atomic E-state index is 14.3. The highest BCUT2D eigenvalue weighted by atomic mass is 32.1. The van der Waals surface area contributed by atoms with Gasteiger partial charge in [0.1, 0.15) is 16.3 Å². The van der Waals surface area contributed by atoms with E-state index in [0.717, 1.165) is 29.0 Å². The molecule has 2 aliphatic rings. The Hall–Kier alpha value is -5.63. The van der Waals surface area contributed by atoms with Crippen molar-refractivity contribution in [2.75, 3.05) is 19.0 Å². The molecule has 0 atom stereocenters. The van der Waals surface area contributed by atoms with Crippen LogP contribution in [0.5, 0.6) is 5.75 Å². The molecule has 2 aliphatic heterocycles. The smallest absolute Gasteiger partial charge is 0.417 e. The van der Waals surface area contributed by atoms with Gasteiger partial charge in [-0.2, -0.15) is 13.2 Å². The first-order chi connectivity index (χ1) is 23.0. The molecule has 6 rings (SSSR count). The molecule has 0 saturated carbocycles. The Kier molecular flexibility index (Phi) is 8.91. The zero-order valence-electron chi connectivity index (χ0n) is 24.8. The van der Waals surface area contributed by atoms with Crippen molar-refractivity contribution in [1.82, 2.24) is 14.5 Å². The minimum absolute atomic E-state index is 0.0526. The first-order valence-corrected chi connectivity index (χ1v) is 15.0. The average Bonchev–Trinajstić information content (AvgIpc) is 3.71. The zero-order valence-corrected chi connectivity index (χ0v) is 25.7. The van der Waals surface area contributed by atoms with Gasteiger partial charge in [0.2, 0.25) is 0 Å². The van der Waals surface area contributed by atoms with Crippen molar-refractivity contribution in [1.29, 1.82) is 0 Å². The number of halogens is 5. The van der Waals surface area contributed by atoms with Crippen LogP contribution >= 0.6 is 11.3 Å². The number of esters is 1. The van der Waals surface area contributed by atoms with E-state index in [1.807, 2.05) is 0 Å². The third kappa shape index (κ3) is 6.88. The maximum Gasteiger partial charge on any atom is 0.417 e. The van der Waals surface area contributed by atoms with Crippen LogP contribution in [0, 0.1) is 11.6 Å². The molecule has 0 bridgehead atoms. The number of pyridine rings is 1. The minimum Gasteiger partial charge on any atom is -0.484 e. The Balaban J connectivity index is 1.15. The van der Waals surface area contributed by atoms with Crippen LogP contribution in [0.15, 0.2) is 90.6 Å². The highest BCUT2D eigenvalue weighted by Gasteiger charge is 2.34. The number of rotatable bonds is 9. The van der Waals surface area contributed by atoms with E-state index in [9.17, 15) is 31.5 Å². The SMILES string of the molecule is COC(=O)c1sccc1NC(=O)COc1ccc(-c2ccc(Cn3ccc4nc(-c5cccc(F)c5F)nc-4c3)cc2)c(C(F)(F)F)c1. The molecule has 3 aromatic carbocycles. The van der Waals surface area contributed by atoms with Gasteiger partial charge in [-0.05, 0) is 58.5 Å². The number of benzene rings is 3. The number of aromatic nitrogens is 3. The largest absolute Gasteiger partial charge is 0.484 e. The van der Waals surface area contributed by atoms with Crippen LogP contribution in [0.4, 0.5) is 27.6 Å². The molecule has 0 aliphatic carbocycles. The zero-order chi connectivity index (χ0) is 34.0. The minimum atomic E-state index is -4.72. The normalized spacial score (nSPS) is 11.5. The first-order valence-electron chi connectivity index (χ1n) is 14.2. The Morgan fingerprint density at radius 2 is 1.71 bits per heavy atom. The number of hydrogen-bond donors (Lipinski definition) is 1. The second-order valence-corrected chi connectivity index (χ2v) is 11.3. The molecule has 1 aromatic heterocycles. The van der Waals surface area contributed by atoms with Gasteiger partial charge in [0.05, 0.1) is 29.6 Å². The first kappa shape index (κ1) is 32.3. The molecule has 1 amide bonds. The van der Waals surface area contributed by atoms with Gasteiger partial charge in [-0.1, -0.05) is 36.4 Å². The van der Waals surface area contributed by atoms with Gasteiger partial charge in [-0.3, -0.25) is 4.79 Å². The number of nitrogens with zero attached hydrogens (tertiary/aromatic N) is 3. The monoisotopic (exact) mass is 678 g/mol. The third-order valence-corrected chi connectivity index (χ3v) is 8.12. The molecular weight excluding hydrogens is 655 g/mol. The number of ether oxygens (including phenoxy) is 2. The predicted octanol–water partition coefficient (Wildman–Crippen LogP) is 7.93. The number of alkyl halides is 3. The lowest BCUT2D eigenvalue weighted by atomic mass is 9.98. The highest BCUT2D eigenvalue weighted by Crippen LogP contribution is 2.39. The molecule has 8 nitrogen and oxygen atoms in total. The van der Waals surface area contributed by atoms with Crippen molar-refractivity contribution < 1.29 is 41.0 Å². The van der Waals surface area contributed by atoms with Crippen LogP contribution in [-0.4, -0.2) is 40.1 Å². The molecule has 0 fully saturated rings. The molecule has 48 heavy (non-hydrogen) atoms. The summed E-state index contributed by atoms with van der Waals surface area (Å²) in [4.78, 5) is 33.0. The average molecular weight is 679 g/mol. The number of fused-ring (bicyclic) bond motifs is 1. The summed E-state index contributed by atoms with van der Waals surface area (Å²) in [7, 11) is 1.20. The molecule has 244 valence electrons. The standard InChI is InChI=1S/C34H23F5N4O4S/c1-46-33(45)31-27(12-14-48-31)40-29(44)18-47-21-9-10-22(24(15-21)34(37,38)39)20-7-5-19(6-8-20)16-43-13-11-26-28(17-43)42-32(41-26)23-3-2-4-25(35)30(23)36/h2-15,17H,16,18H2,1H3,(H,40,44). The molecule has 14 heteroatoms. The second kappa shape index (κ2) is 13.2. The summed E-state index contributed by atoms with van der Waals surface area (Å²) in [6.45, 7) is -0.245. The van der Waals surface area contributed by atoms with Crippen molar-refractivity contribution in [2.45, 2.75) is 12.7 Å². The van der Waals surface area contributed by atoms with E-state index in [2.05, 4.69) is 20.0 Å². The molecule has 1 N–H and O–H groups in total. The van der Waals surface area contributed by atoms with Gasteiger partial charge in [0, 0.05) is 18.9 Å². The summed E-state index contributed by atoms with van der Waals surface area (Å²) in [5, 5.41) is 4.07. The quantitative estimate of drug-likeness (QED) is 0.123. The van der Waals surface area contributed by atoms with E-state index in [1.165, 1.54) is 37.4 Å². The number of hydrogen-bond acceptors (Lipinski definition) is 7. The molecule has 0 spiro atoms. The maximum atomic E-state index is 14.3. The summed E-state index contributed by atoms with van der Waals surface area (Å²) >= 11 is 1.06. The lowest BCUT2D eigenvalue weighted by Crippen LogP contribution is -2.21. The van der Waals surface area contributed by atoms with Crippen LogP contribution in [0.3, 0.4) is 0 Å². The fraction of sp³-hybridized carbons (Fsp3) is 0.118. The highest BCUT2D eigenvalue weighted by molar-refractivity contribution is 7.12. The Morgan fingerprint density at radius 3 is 2.46 bits per heavy atom. The van der Waals surface area contributed by atoms with Crippen LogP contribution in [0.25, 0.3) is 33.9 Å². The van der Waals surface area contributed by atoms with Gasteiger partial charge in [0.25, 0.3) is 5.91 Å². The fourth-order valence-electron chi connectivity index (χ4n) is 4.94. The Morgan fingerprint density at radius 1 is 0.938 bits per heavy atom. The Labute approximate surface area is 273 Å². The third-order valence-electron chi connectivity index (χ3n) is 7.23. The summed E-state index contributed by atoms with van der Waals surface area (Å²) in [6.07, 6.45) is -1.30. The number of methoxy groups -OCH3 is 1. The van der Waals surface area contributed by atoms with Gasteiger partial charge in [-0.25, -0.2) is 23.5 Å². The summed E-state index contributed by atoms with van der Waals surface area (Å²) in [6, 6.07) is 16.9. The van der Waals surface area contributed by atoms with Crippen LogP contribution < -0.4 is 10.1 Å². The van der Waals surface area contributed by atoms with Crippen molar-refractivity contribution in [2.24, 2.45) is 0 Å². The molecule has 3 heterocycles. The number of anilines is 1. The van der Waals surface area contributed by atoms with Crippen LogP contribution in [0.2, 0.25) is 0 Å². The van der Waals surface area contributed by atoms with Crippen molar-refractivity contribution >= 4 is 28.9 Å². The van der Waals surface area contributed by atoms with Crippen LogP contribution in [-0.2, 0) is 22.3 Å². The van der Waals surface area contributed by atoms with Crippen LogP contribution in [0.1, 0.15) is 20.8 Å². The number of amides is 1. The van der Waals surface area contributed by atoms with Crippen molar-refractivity contribution in [3.05, 3.63) is 118 Å². The van der Waals surface area contributed by atoms with Gasteiger partial charge < -0.3 is 19.4 Å². The van der Waals surface area contributed by atoms with Gasteiger partial charge >= 0.3 is 12.1 Å². The molecule has 0 radical (unpaired) electrons. The number of nitrogens with one attached hydrogen (secondary N) is 1. The lowest BCUT2D eigenvalue weighted by molar-refractivity contribution is -0.137. The van der Waals surface area contributed by atoms with Crippen molar-refractivity contribution in [3.63, 3.8) is 0 Å². The summed E-state index contributed by atoms with van der Waals surface area (Å²) in [5.74, 6) is -3.46. The number of carbonyl (C=O) groups is 2. The summed E-state index contributed by atoms with van der Waals surface area (Å²) < 4.78 is 82.1. The van der Waals surface area contributed by atoms with E-state index in [0.29, 0.717) is 23.5 Å². The molecule has 0 saturated heterocycles. The van der Waals surface area contributed by atoms with Gasteiger partial charge in [-0.15, -0.1) is 11.3 Å². The Bertz CT molecular complexity index is 2090. The van der Waals surface area contributed by atoms with E-state index < -0.39 is 41.9 Å².